The fraction of sp³-hybridized carbons (Fsp3) is 0.280. The number of thiazole rings is 1. The Morgan fingerprint density at radius 1 is 0.931 bits per heavy atom. The summed E-state index contributed by atoms with van der Waals surface area (Å²) in [6.07, 6.45) is 8.13. The van der Waals surface area contributed by atoms with Crippen molar-refractivity contribution in [3.8, 4) is 21.7 Å². The van der Waals surface area contributed by atoms with Gasteiger partial charge in [-0.1, -0.05) is 60.7 Å². The minimum Gasteiger partial charge on any atom is -0.311 e. The standard InChI is InChI=1S/C25H24N2OS/c28-25(27-16-6-10-20-9-4-5-11-23(20)27)22-17-29-24(26-22)21-14-12-19(13-15-21)18-7-2-1-3-8-18/h1-3,7-8,11-15,17,20H,4-6,9-10,16H2. The third-order valence-electron chi connectivity index (χ3n) is 5.98. The van der Waals surface area contributed by atoms with Crippen LogP contribution in [-0.4, -0.2) is 22.3 Å². The van der Waals surface area contributed by atoms with Crippen molar-refractivity contribution < 1.29 is 4.79 Å². The Kier molecular flexibility index (Phi) is 5.03. The molecule has 29 heavy (non-hydrogen) atoms. The highest BCUT2D eigenvalue weighted by atomic mass is 32.1. The summed E-state index contributed by atoms with van der Waals surface area (Å²) < 4.78 is 0. The number of benzene rings is 2. The van der Waals surface area contributed by atoms with E-state index in [0.717, 1.165) is 30.0 Å². The van der Waals surface area contributed by atoms with Crippen LogP contribution in [0.15, 0.2) is 71.8 Å². The molecule has 1 aromatic heterocycles. The van der Waals surface area contributed by atoms with Gasteiger partial charge in [0.1, 0.15) is 10.7 Å². The molecule has 1 aliphatic carbocycles. The number of carbonyl (C=O) groups is 1. The molecule has 1 aliphatic heterocycles. The summed E-state index contributed by atoms with van der Waals surface area (Å²) >= 11 is 1.55. The first-order chi connectivity index (χ1) is 14.3. The maximum absolute atomic E-state index is 13.2. The van der Waals surface area contributed by atoms with Crippen molar-refractivity contribution in [3.63, 3.8) is 0 Å². The zero-order valence-electron chi connectivity index (χ0n) is 16.4. The van der Waals surface area contributed by atoms with Crippen LogP contribution < -0.4 is 0 Å². The van der Waals surface area contributed by atoms with Crippen molar-refractivity contribution in [2.75, 3.05) is 6.54 Å². The fourth-order valence-corrected chi connectivity index (χ4v) is 5.27. The molecule has 0 bridgehead atoms. The van der Waals surface area contributed by atoms with E-state index < -0.39 is 0 Å². The molecule has 146 valence electrons. The lowest BCUT2D eigenvalue weighted by Crippen LogP contribution is -2.39. The van der Waals surface area contributed by atoms with E-state index in [-0.39, 0.29) is 5.91 Å². The van der Waals surface area contributed by atoms with E-state index in [9.17, 15) is 4.79 Å². The molecule has 5 rings (SSSR count). The Bertz CT molecular complexity index is 1040. The second kappa shape index (κ2) is 7.96. The highest BCUT2D eigenvalue weighted by Gasteiger charge is 2.31. The number of nitrogens with zero attached hydrogens (tertiary/aromatic N) is 2. The molecule has 2 heterocycles. The predicted octanol–water partition coefficient (Wildman–Crippen LogP) is 6.40. The molecule has 2 aliphatic rings. The van der Waals surface area contributed by atoms with Crippen LogP contribution in [0.4, 0.5) is 0 Å². The van der Waals surface area contributed by atoms with Crippen LogP contribution in [0.2, 0.25) is 0 Å². The van der Waals surface area contributed by atoms with Crippen LogP contribution in [-0.2, 0) is 0 Å². The van der Waals surface area contributed by atoms with Gasteiger partial charge in [0.05, 0.1) is 0 Å². The quantitative estimate of drug-likeness (QED) is 0.510. The van der Waals surface area contributed by atoms with Gasteiger partial charge in [-0.2, -0.15) is 0 Å². The minimum absolute atomic E-state index is 0.0613. The van der Waals surface area contributed by atoms with Gasteiger partial charge in [0, 0.05) is 23.2 Å². The molecular weight excluding hydrogens is 376 g/mol. The second-order valence-corrected chi connectivity index (χ2v) is 8.70. The molecule has 1 saturated heterocycles. The number of aromatic nitrogens is 1. The third kappa shape index (κ3) is 3.65. The maximum atomic E-state index is 13.2. The van der Waals surface area contributed by atoms with Crippen LogP contribution in [0, 0.1) is 5.92 Å². The van der Waals surface area contributed by atoms with Gasteiger partial charge in [-0.3, -0.25) is 4.79 Å². The Morgan fingerprint density at radius 2 is 1.66 bits per heavy atom. The fourth-order valence-electron chi connectivity index (χ4n) is 4.47. The van der Waals surface area contributed by atoms with Crippen molar-refractivity contribution >= 4 is 17.2 Å². The molecule has 0 N–H and O–H groups in total. The zero-order chi connectivity index (χ0) is 19.6. The maximum Gasteiger partial charge on any atom is 0.277 e. The van der Waals surface area contributed by atoms with Gasteiger partial charge in [-0.25, -0.2) is 4.98 Å². The summed E-state index contributed by atoms with van der Waals surface area (Å²) in [5.41, 5.74) is 5.26. The van der Waals surface area contributed by atoms with E-state index in [0.29, 0.717) is 11.6 Å². The average molecular weight is 401 g/mol. The van der Waals surface area contributed by atoms with Gasteiger partial charge < -0.3 is 4.90 Å². The third-order valence-corrected chi connectivity index (χ3v) is 6.87. The molecule has 3 nitrogen and oxygen atoms in total. The SMILES string of the molecule is O=C(c1csc(-c2ccc(-c3ccccc3)cc2)n1)N1CCCC2CCCC=C21. The Labute approximate surface area is 175 Å². The van der Waals surface area contributed by atoms with Gasteiger partial charge in [-0.05, 0) is 49.1 Å². The van der Waals surface area contributed by atoms with Gasteiger partial charge in [0.15, 0.2) is 0 Å². The van der Waals surface area contributed by atoms with E-state index in [4.69, 9.17) is 4.98 Å². The smallest absolute Gasteiger partial charge is 0.277 e. The number of allylic oxidation sites excluding steroid dienone is 2. The number of likely N-dealkylation sites (tertiary alicyclic amines) is 1. The number of hydrogen-bond acceptors (Lipinski definition) is 3. The zero-order valence-corrected chi connectivity index (χ0v) is 17.2. The Hall–Kier alpha value is -2.72. The van der Waals surface area contributed by atoms with Crippen LogP contribution in [0.5, 0.6) is 0 Å². The van der Waals surface area contributed by atoms with Crippen molar-refractivity contribution in [2.45, 2.75) is 32.1 Å². The highest BCUT2D eigenvalue weighted by Crippen LogP contribution is 2.36. The van der Waals surface area contributed by atoms with Crippen molar-refractivity contribution in [1.82, 2.24) is 9.88 Å². The number of hydrogen-bond donors (Lipinski definition) is 0. The van der Waals surface area contributed by atoms with Crippen LogP contribution in [0.3, 0.4) is 0 Å². The highest BCUT2D eigenvalue weighted by molar-refractivity contribution is 7.13. The van der Waals surface area contributed by atoms with Crippen molar-refractivity contribution in [1.29, 1.82) is 0 Å². The van der Waals surface area contributed by atoms with E-state index in [1.54, 1.807) is 11.3 Å². The normalized spacial score (nSPS) is 18.8. The molecule has 1 fully saturated rings. The lowest BCUT2D eigenvalue weighted by molar-refractivity contribution is 0.0744. The molecule has 1 atom stereocenters. The van der Waals surface area contributed by atoms with Gasteiger partial charge in [-0.15, -0.1) is 11.3 Å². The first-order valence-electron chi connectivity index (χ1n) is 10.4. The second-order valence-electron chi connectivity index (χ2n) is 7.84. The molecule has 0 saturated carbocycles. The van der Waals surface area contributed by atoms with E-state index >= 15 is 0 Å². The topological polar surface area (TPSA) is 33.2 Å². The number of rotatable bonds is 3. The number of piperidine rings is 1. The molecule has 2 aromatic carbocycles. The van der Waals surface area contributed by atoms with Gasteiger partial charge in [0.25, 0.3) is 5.91 Å². The van der Waals surface area contributed by atoms with E-state index in [1.165, 1.54) is 36.1 Å². The number of carbonyl (C=O) groups excluding carboxylic acids is 1. The first kappa shape index (κ1) is 18.3. The van der Waals surface area contributed by atoms with Crippen molar-refractivity contribution in [3.05, 3.63) is 77.4 Å². The van der Waals surface area contributed by atoms with Crippen LogP contribution in [0.1, 0.15) is 42.6 Å². The monoisotopic (exact) mass is 400 g/mol. The Balaban J connectivity index is 1.36. The van der Waals surface area contributed by atoms with E-state index in [1.807, 2.05) is 16.3 Å². The van der Waals surface area contributed by atoms with Crippen molar-refractivity contribution in [2.24, 2.45) is 5.92 Å². The summed E-state index contributed by atoms with van der Waals surface area (Å²) in [6, 6.07) is 18.8. The van der Waals surface area contributed by atoms with Gasteiger partial charge in [0.2, 0.25) is 0 Å². The first-order valence-corrected chi connectivity index (χ1v) is 11.3. The largest absolute Gasteiger partial charge is 0.311 e. The number of fused-ring (bicyclic) bond motifs is 1. The van der Waals surface area contributed by atoms with Crippen LogP contribution >= 0.6 is 11.3 Å². The molecule has 1 amide bonds. The summed E-state index contributed by atoms with van der Waals surface area (Å²) in [7, 11) is 0. The molecule has 4 heteroatoms. The van der Waals surface area contributed by atoms with E-state index in [2.05, 4.69) is 54.6 Å². The van der Waals surface area contributed by atoms with Gasteiger partial charge >= 0.3 is 0 Å². The summed E-state index contributed by atoms with van der Waals surface area (Å²) in [5, 5.41) is 2.81. The lowest BCUT2D eigenvalue weighted by Gasteiger charge is -2.37. The molecule has 0 spiro atoms. The summed E-state index contributed by atoms with van der Waals surface area (Å²) in [6.45, 7) is 0.819. The minimum atomic E-state index is 0.0613. The summed E-state index contributed by atoms with van der Waals surface area (Å²) in [4.78, 5) is 19.9. The summed E-state index contributed by atoms with van der Waals surface area (Å²) in [5.74, 6) is 0.622. The lowest BCUT2D eigenvalue weighted by atomic mass is 9.85. The molecule has 0 radical (unpaired) electrons. The molecular formula is C25H24N2OS. The molecule has 3 aromatic rings. The number of amides is 1. The Morgan fingerprint density at radius 3 is 2.48 bits per heavy atom. The molecule has 1 unspecified atom stereocenters. The van der Waals surface area contributed by atoms with Crippen LogP contribution in [0.25, 0.3) is 21.7 Å². The predicted molar refractivity (Wildman–Crippen MR) is 119 cm³/mol. The average Bonchev–Trinajstić information content (AvgIpc) is 3.29.